The minimum atomic E-state index is -0.634. The summed E-state index contributed by atoms with van der Waals surface area (Å²) in [5.41, 5.74) is 3.11. The van der Waals surface area contributed by atoms with Gasteiger partial charge in [0.25, 0.3) is 5.69 Å². The highest BCUT2D eigenvalue weighted by Gasteiger charge is 2.41. The largest absolute Gasteiger partial charge is 0.466 e. The molecule has 2 unspecified atom stereocenters. The van der Waals surface area contributed by atoms with Crippen LogP contribution in [0.15, 0.2) is 47.7 Å². The van der Waals surface area contributed by atoms with Crippen LogP contribution in [0, 0.1) is 10.1 Å². The molecule has 0 amide bonds. The molecule has 2 heterocycles. The number of nitrogens with one attached hydrogen (secondary N) is 1. The molecule has 0 radical (unpaired) electrons. The molecule has 1 aliphatic carbocycles. The van der Waals surface area contributed by atoms with Gasteiger partial charge in [0, 0.05) is 35.9 Å². The average Bonchev–Trinajstić information content (AvgIpc) is 3.09. The summed E-state index contributed by atoms with van der Waals surface area (Å²) in [6, 6.07) is 6.58. The van der Waals surface area contributed by atoms with Gasteiger partial charge in [-0.2, -0.15) is 5.10 Å². The number of allylic oxidation sites excluding steroid dienone is 3. The Morgan fingerprint density at radius 1 is 1.33 bits per heavy atom. The third-order valence-electron chi connectivity index (χ3n) is 5.91. The molecule has 0 saturated carbocycles. The van der Waals surface area contributed by atoms with E-state index in [9.17, 15) is 14.9 Å². The Hall–Kier alpha value is -3.42. The number of methoxy groups -OCH3 is 1. The minimum absolute atomic E-state index is 0.0251. The van der Waals surface area contributed by atoms with Crippen molar-refractivity contribution in [2.75, 3.05) is 12.4 Å². The number of carbonyl (C=O) groups excluding carboxylic acids is 1. The molecule has 30 heavy (non-hydrogen) atoms. The van der Waals surface area contributed by atoms with Crippen molar-refractivity contribution in [3.05, 3.63) is 74.6 Å². The van der Waals surface area contributed by atoms with E-state index in [1.54, 1.807) is 29.8 Å². The molecule has 1 aromatic heterocycles. The number of nitrogens with zero attached hydrogens (tertiary/aromatic N) is 3. The maximum atomic E-state index is 12.8. The highest BCUT2D eigenvalue weighted by Crippen LogP contribution is 2.48. The first kappa shape index (κ1) is 19.9. The van der Waals surface area contributed by atoms with Crippen molar-refractivity contribution in [2.45, 2.75) is 38.0 Å². The van der Waals surface area contributed by atoms with E-state index >= 15 is 0 Å². The lowest BCUT2D eigenvalue weighted by atomic mass is 9.77. The van der Waals surface area contributed by atoms with Crippen LogP contribution in [-0.4, -0.2) is 27.8 Å². The number of rotatable bonds is 4. The molecular formula is C22H24N4O4. The first-order valence-corrected chi connectivity index (χ1v) is 9.95. The molecule has 4 rings (SSSR count). The van der Waals surface area contributed by atoms with E-state index < -0.39 is 16.8 Å². The Bertz CT molecular complexity index is 1080. The third-order valence-corrected chi connectivity index (χ3v) is 5.91. The van der Waals surface area contributed by atoms with Gasteiger partial charge in [0.05, 0.1) is 29.2 Å². The highest BCUT2D eigenvalue weighted by molar-refractivity contribution is 5.95. The summed E-state index contributed by atoms with van der Waals surface area (Å²) in [5.74, 6) is -0.195. The lowest BCUT2D eigenvalue weighted by molar-refractivity contribution is -0.385. The third kappa shape index (κ3) is 3.18. The predicted molar refractivity (Wildman–Crippen MR) is 112 cm³/mol. The molecule has 1 N–H and O–H groups in total. The van der Waals surface area contributed by atoms with E-state index in [4.69, 9.17) is 9.84 Å². The molecule has 0 spiro atoms. The SMILES string of the molecule is COC(=O)C1=C(C)Nc2c(c(C3CC=CCC3)nn2C)C1c1ccccc1[N+](=O)[O-]. The standard InChI is InChI=1S/C22H24N4O4/c1-13-17(22(27)30-3)18(15-11-7-8-12-16(15)26(28)29)19-20(14-9-5-4-6-10-14)24-25(2)21(19)23-13/h4-5,7-8,11-12,14,18,23H,6,9-10H2,1-3H3. The molecule has 156 valence electrons. The summed E-state index contributed by atoms with van der Waals surface area (Å²) in [4.78, 5) is 24.2. The van der Waals surface area contributed by atoms with Gasteiger partial charge in [-0.15, -0.1) is 0 Å². The van der Waals surface area contributed by atoms with Gasteiger partial charge in [0.1, 0.15) is 5.82 Å². The molecule has 0 bridgehead atoms. The van der Waals surface area contributed by atoms with Gasteiger partial charge < -0.3 is 10.1 Å². The molecular weight excluding hydrogens is 384 g/mol. The van der Waals surface area contributed by atoms with E-state index in [0.717, 1.165) is 36.3 Å². The lowest BCUT2D eigenvalue weighted by Gasteiger charge is -2.29. The van der Waals surface area contributed by atoms with Crippen LogP contribution in [0.3, 0.4) is 0 Å². The molecule has 2 aliphatic rings. The first-order chi connectivity index (χ1) is 14.4. The molecule has 2 aromatic rings. The zero-order valence-corrected chi connectivity index (χ0v) is 17.2. The zero-order chi connectivity index (χ0) is 21.4. The quantitative estimate of drug-likeness (QED) is 0.353. The van der Waals surface area contributed by atoms with Crippen molar-refractivity contribution in [3.63, 3.8) is 0 Å². The Kier molecular flexibility index (Phi) is 5.15. The molecule has 8 heteroatoms. The number of fused-ring (bicyclic) bond motifs is 1. The number of carbonyl (C=O) groups is 1. The number of ether oxygens (including phenoxy) is 1. The summed E-state index contributed by atoms with van der Waals surface area (Å²) in [6.07, 6.45) is 7.06. The number of anilines is 1. The topological polar surface area (TPSA) is 99.3 Å². The predicted octanol–water partition coefficient (Wildman–Crippen LogP) is 4.16. The number of para-hydroxylation sites is 1. The van der Waals surface area contributed by atoms with Crippen LogP contribution in [0.1, 0.15) is 54.8 Å². The van der Waals surface area contributed by atoms with Crippen molar-refractivity contribution in [1.29, 1.82) is 0 Å². The number of nitro benzene ring substituents is 1. The van der Waals surface area contributed by atoms with Crippen LogP contribution in [0.4, 0.5) is 11.5 Å². The van der Waals surface area contributed by atoms with Crippen LogP contribution in [0.25, 0.3) is 0 Å². The normalized spacial score (nSPS) is 20.5. The monoisotopic (exact) mass is 408 g/mol. The first-order valence-electron chi connectivity index (χ1n) is 9.95. The Balaban J connectivity index is 2.00. The maximum Gasteiger partial charge on any atom is 0.336 e. The average molecular weight is 408 g/mol. The lowest BCUT2D eigenvalue weighted by Crippen LogP contribution is -2.25. The van der Waals surface area contributed by atoms with Gasteiger partial charge in [0.15, 0.2) is 0 Å². The van der Waals surface area contributed by atoms with Gasteiger partial charge >= 0.3 is 5.97 Å². The summed E-state index contributed by atoms with van der Waals surface area (Å²) in [6.45, 7) is 1.78. The van der Waals surface area contributed by atoms with Crippen LogP contribution in [0.2, 0.25) is 0 Å². The van der Waals surface area contributed by atoms with Crippen molar-refractivity contribution in [1.82, 2.24) is 9.78 Å². The van der Waals surface area contributed by atoms with Gasteiger partial charge in [-0.3, -0.25) is 14.8 Å². The van der Waals surface area contributed by atoms with Crippen LogP contribution in [0.5, 0.6) is 0 Å². The second kappa shape index (κ2) is 7.78. The number of benzene rings is 1. The Labute approximate surface area is 174 Å². The Morgan fingerprint density at radius 2 is 2.10 bits per heavy atom. The summed E-state index contributed by atoms with van der Waals surface area (Å²) < 4.78 is 6.84. The fourth-order valence-corrected chi connectivity index (χ4v) is 4.53. The number of hydrogen-bond donors (Lipinski definition) is 1. The van der Waals surface area contributed by atoms with Crippen LogP contribution in [-0.2, 0) is 16.6 Å². The summed E-state index contributed by atoms with van der Waals surface area (Å²) in [5, 5.41) is 19.9. The molecule has 1 aromatic carbocycles. The molecule has 2 atom stereocenters. The number of aromatic nitrogens is 2. The minimum Gasteiger partial charge on any atom is -0.466 e. The van der Waals surface area contributed by atoms with E-state index in [2.05, 4.69) is 17.5 Å². The van der Waals surface area contributed by atoms with Crippen LogP contribution < -0.4 is 5.32 Å². The zero-order valence-electron chi connectivity index (χ0n) is 17.2. The number of esters is 1. The summed E-state index contributed by atoms with van der Waals surface area (Å²) in [7, 11) is 3.17. The molecule has 8 nitrogen and oxygen atoms in total. The van der Waals surface area contributed by atoms with Crippen LogP contribution >= 0.6 is 0 Å². The van der Waals surface area contributed by atoms with Gasteiger partial charge in [-0.1, -0.05) is 30.4 Å². The van der Waals surface area contributed by atoms with E-state index in [1.165, 1.54) is 13.2 Å². The molecule has 0 fully saturated rings. The Morgan fingerprint density at radius 3 is 2.77 bits per heavy atom. The summed E-state index contributed by atoms with van der Waals surface area (Å²) >= 11 is 0. The van der Waals surface area contributed by atoms with Gasteiger partial charge in [0.2, 0.25) is 0 Å². The van der Waals surface area contributed by atoms with E-state index in [1.807, 2.05) is 7.05 Å². The number of nitro groups is 1. The second-order valence-electron chi connectivity index (χ2n) is 7.66. The van der Waals surface area contributed by atoms with E-state index in [0.29, 0.717) is 16.8 Å². The maximum absolute atomic E-state index is 12.8. The molecule has 0 saturated heterocycles. The van der Waals surface area contributed by atoms with E-state index in [-0.39, 0.29) is 11.6 Å². The number of hydrogen-bond acceptors (Lipinski definition) is 6. The van der Waals surface area contributed by atoms with Gasteiger partial charge in [-0.25, -0.2) is 4.79 Å². The van der Waals surface area contributed by atoms with Gasteiger partial charge in [-0.05, 0) is 26.2 Å². The fraction of sp³-hybridized carbons (Fsp3) is 0.364. The van der Waals surface area contributed by atoms with Crippen molar-refractivity contribution in [2.24, 2.45) is 7.05 Å². The fourth-order valence-electron chi connectivity index (χ4n) is 4.53. The molecule has 1 aliphatic heterocycles. The number of aryl methyl sites for hydroxylation is 1. The van der Waals surface area contributed by atoms with Crippen molar-refractivity contribution >= 4 is 17.5 Å². The van der Waals surface area contributed by atoms with Crippen molar-refractivity contribution in [3.8, 4) is 0 Å². The highest BCUT2D eigenvalue weighted by atomic mass is 16.6. The smallest absolute Gasteiger partial charge is 0.336 e. The van der Waals surface area contributed by atoms with Crippen molar-refractivity contribution < 1.29 is 14.5 Å². The second-order valence-corrected chi connectivity index (χ2v) is 7.66.